The number of aromatic nitrogens is 3. The van der Waals surface area contributed by atoms with Gasteiger partial charge in [-0.3, -0.25) is 9.48 Å². The molecule has 1 saturated carbocycles. The van der Waals surface area contributed by atoms with Crippen LogP contribution in [0.3, 0.4) is 0 Å². The maximum atomic E-state index is 11.7. The van der Waals surface area contributed by atoms with Gasteiger partial charge in [0.25, 0.3) is 0 Å². The summed E-state index contributed by atoms with van der Waals surface area (Å²) in [7, 11) is 0. The van der Waals surface area contributed by atoms with Crippen LogP contribution in [0.2, 0.25) is 0 Å². The average Bonchev–Trinajstić information content (AvgIpc) is 2.98. The molecule has 0 spiro atoms. The van der Waals surface area contributed by atoms with Gasteiger partial charge in [-0.15, -0.1) is 0 Å². The van der Waals surface area contributed by atoms with Crippen molar-refractivity contribution in [1.29, 1.82) is 0 Å². The SMILES string of the molecule is CCOC(=O)C(CCn1cncn1)NC1CC1. The van der Waals surface area contributed by atoms with Gasteiger partial charge in [0.2, 0.25) is 0 Å². The summed E-state index contributed by atoms with van der Waals surface area (Å²) >= 11 is 0. The first kappa shape index (κ1) is 12.0. The molecule has 1 aliphatic rings. The van der Waals surface area contributed by atoms with Crippen LogP contribution in [-0.2, 0) is 16.1 Å². The highest BCUT2D eigenvalue weighted by Crippen LogP contribution is 2.20. The smallest absolute Gasteiger partial charge is 0.323 e. The van der Waals surface area contributed by atoms with Gasteiger partial charge in [-0.1, -0.05) is 0 Å². The largest absolute Gasteiger partial charge is 0.465 e. The third-order valence-electron chi connectivity index (χ3n) is 2.70. The lowest BCUT2D eigenvalue weighted by atomic mass is 10.2. The minimum absolute atomic E-state index is 0.167. The van der Waals surface area contributed by atoms with E-state index in [0.717, 1.165) is 12.8 Å². The van der Waals surface area contributed by atoms with Crippen LogP contribution in [0.25, 0.3) is 0 Å². The van der Waals surface area contributed by atoms with Crippen LogP contribution in [0.1, 0.15) is 26.2 Å². The lowest BCUT2D eigenvalue weighted by Gasteiger charge is -2.16. The van der Waals surface area contributed by atoms with Crippen molar-refractivity contribution in [3.63, 3.8) is 0 Å². The van der Waals surface area contributed by atoms with Gasteiger partial charge in [-0.05, 0) is 26.2 Å². The number of carbonyl (C=O) groups is 1. The maximum absolute atomic E-state index is 11.7. The van der Waals surface area contributed by atoms with Crippen molar-refractivity contribution in [1.82, 2.24) is 20.1 Å². The number of nitrogens with one attached hydrogen (secondary N) is 1. The summed E-state index contributed by atoms with van der Waals surface area (Å²) in [6, 6.07) is 0.256. The zero-order chi connectivity index (χ0) is 12.1. The summed E-state index contributed by atoms with van der Waals surface area (Å²) in [6.45, 7) is 2.91. The topological polar surface area (TPSA) is 69.0 Å². The van der Waals surface area contributed by atoms with Gasteiger partial charge in [-0.2, -0.15) is 5.10 Å². The van der Waals surface area contributed by atoms with Crippen molar-refractivity contribution in [2.75, 3.05) is 6.61 Å². The summed E-state index contributed by atoms with van der Waals surface area (Å²) < 4.78 is 6.78. The van der Waals surface area contributed by atoms with E-state index in [2.05, 4.69) is 15.4 Å². The second kappa shape index (κ2) is 5.77. The summed E-state index contributed by atoms with van der Waals surface area (Å²) in [6.07, 6.45) is 6.13. The minimum atomic E-state index is -0.230. The Balaban J connectivity index is 1.83. The second-order valence-electron chi connectivity index (χ2n) is 4.19. The molecule has 0 saturated heterocycles. The first-order valence-electron chi connectivity index (χ1n) is 6.04. The van der Waals surface area contributed by atoms with Crippen molar-refractivity contribution in [2.24, 2.45) is 0 Å². The Bertz CT molecular complexity index is 348. The highest BCUT2D eigenvalue weighted by molar-refractivity contribution is 5.75. The number of esters is 1. The zero-order valence-electron chi connectivity index (χ0n) is 10.0. The van der Waals surface area contributed by atoms with E-state index in [0.29, 0.717) is 25.6 Å². The molecule has 1 aromatic rings. The highest BCUT2D eigenvalue weighted by Gasteiger charge is 2.28. The summed E-state index contributed by atoms with van der Waals surface area (Å²) in [5.41, 5.74) is 0. The zero-order valence-corrected chi connectivity index (χ0v) is 10.0. The van der Waals surface area contributed by atoms with E-state index in [1.165, 1.54) is 6.33 Å². The molecule has 6 nitrogen and oxygen atoms in total. The molecule has 1 unspecified atom stereocenters. The number of nitrogens with zero attached hydrogens (tertiary/aromatic N) is 3. The van der Waals surface area contributed by atoms with Crippen molar-refractivity contribution < 1.29 is 9.53 Å². The van der Waals surface area contributed by atoms with Crippen LogP contribution in [0.15, 0.2) is 12.7 Å². The van der Waals surface area contributed by atoms with Gasteiger partial charge in [0, 0.05) is 12.6 Å². The standard InChI is InChI=1S/C11H18N4O2/c1-2-17-11(16)10(14-9-3-4-9)5-6-15-8-12-7-13-15/h7-10,14H,2-6H2,1H3. The molecule has 1 atom stereocenters. The summed E-state index contributed by atoms with van der Waals surface area (Å²) in [5.74, 6) is -0.167. The van der Waals surface area contributed by atoms with Crippen molar-refractivity contribution in [3.05, 3.63) is 12.7 Å². The van der Waals surface area contributed by atoms with Crippen molar-refractivity contribution in [3.8, 4) is 0 Å². The minimum Gasteiger partial charge on any atom is -0.465 e. The number of aryl methyl sites for hydroxylation is 1. The Morgan fingerprint density at radius 1 is 1.65 bits per heavy atom. The molecule has 0 radical (unpaired) electrons. The molecule has 94 valence electrons. The molecule has 1 heterocycles. The molecular formula is C11H18N4O2. The maximum Gasteiger partial charge on any atom is 0.323 e. The molecule has 0 amide bonds. The van der Waals surface area contributed by atoms with Gasteiger partial charge >= 0.3 is 5.97 Å². The van der Waals surface area contributed by atoms with Gasteiger partial charge in [0.15, 0.2) is 0 Å². The van der Waals surface area contributed by atoms with E-state index in [9.17, 15) is 4.79 Å². The van der Waals surface area contributed by atoms with E-state index in [4.69, 9.17) is 4.74 Å². The first-order chi connectivity index (χ1) is 8.29. The van der Waals surface area contributed by atoms with E-state index in [1.54, 1.807) is 11.0 Å². The van der Waals surface area contributed by atoms with Crippen molar-refractivity contribution in [2.45, 2.75) is 44.8 Å². The Labute approximate surface area is 100 Å². The molecule has 2 rings (SSSR count). The highest BCUT2D eigenvalue weighted by atomic mass is 16.5. The molecule has 1 aliphatic carbocycles. The molecule has 6 heteroatoms. The third-order valence-corrected chi connectivity index (χ3v) is 2.70. The molecular weight excluding hydrogens is 220 g/mol. The molecule has 17 heavy (non-hydrogen) atoms. The van der Waals surface area contributed by atoms with Crippen LogP contribution in [0.5, 0.6) is 0 Å². The number of rotatable bonds is 7. The molecule has 1 N–H and O–H groups in total. The Morgan fingerprint density at radius 2 is 2.47 bits per heavy atom. The van der Waals surface area contributed by atoms with Gasteiger partial charge in [-0.25, -0.2) is 4.98 Å². The van der Waals surface area contributed by atoms with Gasteiger partial charge in [0.1, 0.15) is 18.7 Å². The molecule has 0 bridgehead atoms. The molecule has 0 aromatic carbocycles. The summed E-state index contributed by atoms with van der Waals surface area (Å²) in [4.78, 5) is 15.6. The van der Waals surface area contributed by atoms with Crippen LogP contribution >= 0.6 is 0 Å². The van der Waals surface area contributed by atoms with Crippen molar-refractivity contribution >= 4 is 5.97 Å². The fraction of sp³-hybridized carbons (Fsp3) is 0.727. The van der Waals surface area contributed by atoms with Crippen LogP contribution in [0.4, 0.5) is 0 Å². The predicted octanol–water partition coefficient (Wildman–Crippen LogP) is 0.352. The van der Waals surface area contributed by atoms with Crippen LogP contribution in [0, 0.1) is 0 Å². The normalized spacial score (nSPS) is 16.8. The molecule has 1 aromatic heterocycles. The summed E-state index contributed by atoms with van der Waals surface area (Å²) in [5, 5.41) is 7.32. The Morgan fingerprint density at radius 3 is 3.06 bits per heavy atom. The van der Waals surface area contributed by atoms with Crippen LogP contribution < -0.4 is 5.32 Å². The number of ether oxygens (including phenoxy) is 1. The van der Waals surface area contributed by atoms with E-state index in [1.807, 2.05) is 6.92 Å². The second-order valence-corrected chi connectivity index (χ2v) is 4.19. The lowest BCUT2D eigenvalue weighted by molar-refractivity contribution is -0.146. The molecule has 1 fully saturated rings. The van der Waals surface area contributed by atoms with E-state index < -0.39 is 0 Å². The Hall–Kier alpha value is -1.43. The predicted molar refractivity (Wildman–Crippen MR) is 61.2 cm³/mol. The number of hydrogen-bond acceptors (Lipinski definition) is 5. The van der Waals surface area contributed by atoms with Gasteiger partial charge < -0.3 is 10.1 Å². The van der Waals surface area contributed by atoms with Gasteiger partial charge in [0.05, 0.1) is 6.61 Å². The first-order valence-corrected chi connectivity index (χ1v) is 6.04. The van der Waals surface area contributed by atoms with E-state index in [-0.39, 0.29) is 12.0 Å². The average molecular weight is 238 g/mol. The lowest BCUT2D eigenvalue weighted by Crippen LogP contribution is -2.40. The molecule has 0 aliphatic heterocycles. The fourth-order valence-electron chi connectivity index (χ4n) is 1.66. The monoisotopic (exact) mass is 238 g/mol. The Kier molecular flexibility index (Phi) is 4.08. The quantitative estimate of drug-likeness (QED) is 0.694. The fourth-order valence-corrected chi connectivity index (χ4v) is 1.66. The third kappa shape index (κ3) is 3.81. The number of hydrogen-bond donors (Lipinski definition) is 1. The van der Waals surface area contributed by atoms with E-state index >= 15 is 0 Å². The number of carbonyl (C=O) groups excluding carboxylic acids is 1. The van der Waals surface area contributed by atoms with Crippen LogP contribution in [-0.4, -0.2) is 39.4 Å².